The first kappa shape index (κ1) is 19.2. The first-order chi connectivity index (χ1) is 14.0. The summed E-state index contributed by atoms with van der Waals surface area (Å²) in [4.78, 5) is 21.9. The first-order valence-electron chi connectivity index (χ1n) is 9.49. The number of fused-ring (bicyclic) bond motifs is 1. The number of amides is 1. The zero-order chi connectivity index (χ0) is 20.4. The molecule has 148 valence electrons. The van der Waals surface area contributed by atoms with Crippen LogP contribution in [0.4, 0.5) is 0 Å². The Balaban J connectivity index is 1.41. The average Bonchev–Trinajstić information content (AvgIpc) is 3.38. The SMILES string of the molecule is CCc1ccc(C(=O)N(C)CCc2noc(-c3cc4cc(Cl)ccc4[nH]3)n2)cc1. The van der Waals surface area contributed by atoms with Crippen molar-refractivity contribution in [3.05, 3.63) is 70.5 Å². The van der Waals surface area contributed by atoms with E-state index in [9.17, 15) is 4.79 Å². The highest BCUT2D eigenvalue weighted by Crippen LogP contribution is 2.25. The molecule has 4 aromatic rings. The van der Waals surface area contributed by atoms with E-state index < -0.39 is 0 Å². The Kier molecular flexibility index (Phi) is 5.36. The molecule has 0 atom stereocenters. The maximum absolute atomic E-state index is 12.6. The number of aromatic amines is 1. The minimum atomic E-state index is -0.0242. The lowest BCUT2D eigenvalue weighted by Crippen LogP contribution is -2.29. The summed E-state index contributed by atoms with van der Waals surface area (Å²) in [6.45, 7) is 2.59. The fourth-order valence-electron chi connectivity index (χ4n) is 3.16. The summed E-state index contributed by atoms with van der Waals surface area (Å²) in [6, 6.07) is 15.2. The van der Waals surface area contributed by atoms with Gasteiger partial charge in [0.1, 0.15) is 5.69 Å². The van der Waals surface area contributed by atoms with Crippen molar-refractivity contribution in [2.24, 2.45) is 0 Å². The van der Waals surface area contributed by atoms with Crippen LogP contribution in [0.2, 0.25) is 5.02 Å². The second-order valence-electron chi connectivity index (χ2n) is 6.96. The summed E-state index contributed by atoms with van der Waals surface area (Å²) in [5.41, 5.74) is 3.57. The number of aryl methyl sites for hydroxylation is 1. The Morgan fingerprint density at radius 3 is 2.72 bits per heavy atom. The van der Waals surface area contributed by atoms with Crippen LogP contribution in [-0.2, 0) is 12.8 Å². The van der Waals surface area contributed by atoms with Gasteiger partial charge in [0.25, 0.3) is 11.8 Å². The van der Waals surface area contributed by atoms with Gasteiger partial charge < -0.3 is 14.4 Å². The number of hydrogen-bond donors (Lipinski definition) is 1. The number of hydrogen-bond acceptors (Lipinski definition) is 4. The molecule has 7 heteroatoms. The van der Waals surface area contributed by atoms with E-state index in [4.69, 9.17) is 16.1 Å². The summed E-state index contributed by atoms with van der Waals surface area (Å²) in [5.74, 6) is 0.943. The van der Waals surface area contributed by atoms with Crippen molar-refractivity contribution in [1.82, 2.24) is 20.0 Å². The molecule has 0 radical (unpaired) electrons. The largest absolute Gasteiger partial charge is 0.351 e. The zero-order valence-corrected chi connectivity index (χ0v) is 17.0. The number of halogens is 1. The molecule has 0 fully saturated rings. The van der Waals surface area contributed by atoms with Gasteiger partial charge in [0, 0.05) is 41.5 Å². The van der Waals surface area contributed by atoms with Gasteiger partial charge in [-0.05, 0) is 48.4 Å². The lowest BCUT2D eigenvalue weighted by Gasteiger charge is -2.16. The monoisotopic (exact) mass is 408 g/mol. The van der Waals surface area contributed by atoms with Crippen molar-refractivity contribution >= 4 is 28.4 Å². The van der Waals surface area contributed by atoms with E-state index in [1.807, 2.05) is 48.5 Å². The van der Waals surface area contributed by atoms with Crippen molar-refractivity contribution in [3.63, 3.8) is 0 Å². The normalized spacial score (nSPS) is 11.1. The summed E-state index contributed by atoms with van der Waals surface area (Å²) in [6.07, 6.45) is 1.46. The zero-order valence-electron chi connectivity index (χ0n) is 16.3. The van der Waals surface area contributed by atoms with Crippen LogP contribution in [0, 0.1) is 0 Å². The molecule has 6 nitrogen and oxygen atoms in total. The molecule has 0 saturated heterocycles. The number of nitrogens with zero attached hydrogens (tertiary/aromatic N) is 3. The van der Waals surface area contributed by atoms with E-state index in [1.165, 1.54) is 5.56 Å². The minimum absolute atomic E-state index is 0.0242. The lowest BCUT2D eigenvalue weighted by molar-refractivity contribution is 0.0796. The average molecular weight is 409 g/mol. The molecule has 0 aliphatic carbocycles. The minimum Gasteiger partial charge on any atom is -0.351 e. The number of nitrogens with one attached hydrogen (secondary N) is 1. The number of aromatic nitrogens is 3. The Labute approximate surface area is 173 Å². The number of rotatable bonds is 6. The molecule has 2 aromatic carbocycles. The van der Waals surface area contributed by atoms with Crippen LogP contribution in [-0.4, -0.2) is 39.5 Å². The van der Waals surface area contributed by atoms with Crippen LogP contribution in [0.1, 0.15) is 28.7 Å². The smallest absolute Gasteiger partial charge is 0.274 e. The van der Waals surface area contributed by atoms with Gasteiger partial charge >= 0.3 is 0 Å². The van der Waals surface area contributed by atoms with Crippen LogP contribution >= 0.6 is 11.6 Å². The Hall–Kier alpha value is -3.12. The van der Waals surface area contributed by atoms with Crippen molar-refractivity contribution in [2.45, 2.75) is 19.8 Å². The summed E-state index contributed by atoms with van der Waals surface area (Å²) >= 11 is 6.04. The molecule has 0 spiro atoms. The van der Waals surface area contributed by atoms with Crippen molar-refractivity contribution in [3.8, 4) is 11.6 Å². The van der Waals surface area contributed by atoms with E-state index in [-0.39, 0.29) is 5.91 Å². The second-order valence-corrected chi connectivity index (χ2v) is 7.39. The predicted molar refractivity (Wildman–Crippen MR) is 113 cm³/mol. The van der Waals surface area contributed by atoms with Crippen molar-refractivity contribution < 1.29 is 9.32 Å². The third-order valence-corrected chi connectivity index (χ3v) is 5.14. The van der Waals surface area contributed by atoms with E-state index >= 15 is 0 Å². The number of carbonyl (C=O) groups excluding carboxylic acids is 1. The first-order valence-corrected chi connectivity index (χ1v) is 9.87. The van der Waals surface area contributed by atoms with E-state index in [1.54, 1.807) is 11.9 Å². The molecule has 0 bridgehead atoms. The highest BCUT2D eigenvalue weighted by molar-refractivity contribution is 6.31. The van der Waals surface area contributed by atoms with E-state index in [2.05, 4.69) is 22.0 Å². The molecule has 1 N–H and O–H groups in total. The molecule has 0 unspecified atom stereocenters. The molecule has 2 aromatic heterocycles. The fraction of sp³-hybridized carbons (Fsp3) is 0.227. The van der Waals surface area contributed by atoms with Gasteiger partial charge in [0.2, 0.25) is 0 Å². The third kappa shape index (κ3) is 4.17. The van der Waals surface area contributed by atoms with Gasteiger partial charge in [-0.25, -0.2) is 0 Å². The number of carbonyl (C=O) groups is 1. The molecule has 1 amide bonds. The van der Waals surface area contributed by atoms with Crippen LogP contribution < -0.4 is 0 Å². The summed E-state index contributed by atoms with van der Waals surface area (Å²) < 4.78 is 5.38. The van der Waals surface area contributed by atoms with Crippen LogP contribution in [0.3, 0.4) is 0 Å². The second kappa shape index (κ2) is 8.09. The Morgan fingerprint density at radius 2 is 1.97 bits per heavy atom. The van der Waals surface area contributed by atoms with Crippen molar-refractivity contribution in [2.75, 3.05) is 13.6 Å². The molecule has 0 aliphatic rings. The quantitative estimate of drug-likeness (QED) is 0.499. The maximum atomic E-state index is 12.6. The van der Waals surface area contributed by atoms with Gasteiger partial charge in [-0.1, -0.05) is 35.8 Å². The van der Waals surface area contributed by atoms with Gasteiger partial charge in [0.05, 0.1) is 0 Å². The lowest BCUT2D eigenvalue weighted by atomic mass is 10.1. The fourth-order valence-corrected chi connectivity index (χ4v) is 3.34. The van der Waals surface area contributed by atoms with Crippen molar-refractivity contribution in [1.29, 1.82) is 0 Å². The van der Waals surface area contributed by atoms with Gasteiger partial charge in [-0.15, -0.1) is 0 Å². The number of H-pyrrole nitrogens is 1. The molecule has 2 heterocycles. The predicted octanol–water partition coefficient (Wildman–Crippen LogP) is 4.75. The third-order valence-electron chi connectivity index (χ3n) is 4.91. The molecule has 4 rings (SSSR count). The number of benzene rings is 2. The van der Waals surface area contributed by atoms with Gasteiger partial charge in [-0.3, -0.25) is 4.79 Å². The number of likely N-dealkylation sites (N-methyl/N-ethyl adjacent to an activating group) is 1. The van der Waals surface area contributed by atoms with Gasteiger partial charge in [0.15, 0.2) is 5.82 Å². The topological polar surface area (TPSA) is 75.0 Å². The Bertz CT molecular complexity index is 1150. The highest BCUT2D eigenvalue weighted by Gasteiger charge is 2.15. The molecular weight excluding hydrogens is 388 g/mol. The molecule has 0 saturated carbocycles. The van der Waals surface area contributed by atoms with Gasteiger partial charge in [-0.2, -0.15) is 4.98 Å². The van der Waals surface area contributed by atoms with Crippen LogP contribution in [0.15, 0.2) is 53.1 Å². The molecule has 0 aliphatic heterocycles. The van der Waals surface area contributed by atoms with E-state index in [0.717, 1.165) is 23.0 Å². The van der Waals surface area contributed by atoms with E-state index in [0.29, 0.717) is 35.3 Å². The van der Waals surface area contributed by atoms with Crippen LogP contribution in [0.25, 0.3) is 22.5 Å². The summed E-state index contributed by atoms with van der Waals surface area (Å²) in [5, 5.41) is 5.69. The molecular formula is C22H21ClN4O2. The standard InChI is InChI=1S/C22H21ClN4O2/c1-3-14-4-6-15(7-5-14)22(28)27(2)11-10-20-25-21(29-26-20)19-13-16-12-17(23)8-9-18(16)24-19/h4-9,12-13,24H,3,10-11H2,1-2H3. The maximum Gasteiger partial charge on any atom is 0.274 e. The summed E-state index contributed by atoms with van der Waals surface area (Å²) in [7, 11) is 1.78. The molecule has 29 heavy (non-hydrogen) atoms. The Morgan fingerprint density at radius 1 is 1.17 bits per heavy atom. The highest BCUT2D eigenvalue weighted by atomic mass is 35.5. The van der Waals surface area contributed by atoms with Crippen LogP contribution in [0.5, 0.6) is 0 Å².